The molecule has 3 nitrogen and oxygen atoms in total. The topological polar surface area (TPSA) is 36.3 Å². The van der Waals surface area contributed by atoms with E-state index in [1.165, 1.54) is 5.56 Å². The number of rotatable bonds is 3. The van der Waals surface area contributed by atoms with Gasteiger partial charge in [-0.2, -0.15) is 5.26 Å². The zero-order chi connectivity index (χ0) is 12.5. The zero-order valence-corrected chi connectivity index (χ0v) is 10.7. The van der Waals surface area contributed by atoms with Crippen LogP contribution in [0.25, 0.3) is 0 Å². The number of benzene rings is 1. The van der Waals surface area contributed by atoms with Crippen LogP contribution in [0.4, 0.5) is 5.69 Å². The fourth-order valence-corrected chi connectivity index (χ4v) is 2.13. The second-order valence-electron chi connectivity index (χ2n) is 5.24. The van der Waals surface area contributed by atoms with Gasteiger partial charge in [-0.1, -0.05) is 0 Å². The van der Waals surface area contributed by atoms with Crippen molar-refractivity contribution in [3.8, 4) is 11.8 Å². The quantitative estimate of drug-likeness (QED) is 0.800. The van der Waals surface area contributed by atoms with Crippen molar-refractivity contribution in [3.05, 3.63) is 23.8 Å². The molecule has 1 heterocycles. The van der Waals surface area contributed by atoms with Crippen LogP contribution in [0.1, 0.15) is 19.4 Å². The average molecular weight is 230 g/mol. The molecule has 90 valence electrons. The lowest BCUT2D eigenvalue weighted by Gasteiger charge is -2.26. The minimum absolute atomic E-state index is 0.329. The zero-order valence-electron chi connectivity index (χ0n) is 10.7. The van der Waals surface area contributed by atoms with E-state index < -0.39 is 0 Å². The Morgan fingerprint density at radius 1 is 1.47 bits per heavy atom. The highest BCUT2D eigenvalue weighted by atomic mass is 16.5. The van der Waals surface area contributed by atoms with Gasteiger partial charge in [0.15, 0.2) is 0 Å². The summed E-state index contributed by atoms with van der Waals surface area (Å²) in [5.41, 5.74) is 2.09. The molecule has 0 aromatic heterocycles. The second kappa shape index (κ2) is 4.29. The highest BCUT2D eigenvalue weighted by Crippen LogP contribution is 2.30. The van der Waals surface area contributed by atoms with E-state index in [1.807, 2.05) is 27.0 Å². The Morgan fingerprint density at radius 3 is 2.94 bits per heavy atom. The van der Waals surface area contributed by atoms with Crippen LogP contribution in [0.15, 0.2) is 18.2 Å². The van der Waals surface area contributed by atoms with Crippen LogP contribution < -0.4 is 9.64 Å². The number of fused-ring (bicyclic) bond motifs is 1. The molecule has 3 heteroatoms. The van der Waals surface area contributed by atoms with Gasteiger partial charge in [0.25, 0.3) is 0 Å². The van der Waals surface area contributed by atoms with Gasteiger partial charge in [-0.15, -0.1) is 0 Å². The van der Waals surface area contributed by atoms with Gasteiger partial charge in [-0.25, -0.2) is 0 Å². The Kier molecular flexibility index (Phi) is 2.97. The minimum Gasteiger partial charge on any atom is -0.493 e. The first kappa shape index (κ1) is 11.8. The Hall–Kier alpha value is -1.69. The number of ether oxygens (including phenoxy) is 1. The van der Waals surface area contributed by atoms with Crippen LogP contribution in [0.3, 0.4) is 0 Å². The van der Waals surface area contributed by atoms with E-state index >= 15 is 0 Å². The molecule has 0 N–H and O–H groups in total. The molecule has 1 aliphatic heterocycles. The van der Waals surface area contributed by atoms with Crippen molar-refractivity contribution < 1.29 is 4.74 Å². The summed E-state index contributed by atoms with van der Waals surface area (Å²) in [6.45, 7) is 5.43. The molecule has 2 rings (SSSR count). The van der Waals surface area contributed by atoms with Gasteiger partial charge >= 0.3 is 0 Å². The maximum atomic E-state index is 9.05. The first-order chi connectivity index (χ1) is 8.02. The average Bonchev–Trinajstić information content (AvgIpc) is 2.75. The van der Waals surface area contributed by atoms with E-state index in [0.29, 0.717) is 0 Å². The number of nitrogens with zero attached hydrogens (tertiary/aromatic N) is 2. The van der Waals surface area contributed by atoms with Gasteiger partial charge in [0, 0.05) is 25.7 Å². The summed E-state index contributed by atoms with van der Waals surface area (Å²) in [6, 6.07) is 8.56. The molecule has 0 bridgehead atoms. The Balaban J connectivity index is 2.15. The van der Waals surface area contributed by atoms with E-state index in [2.05, 4.69) is 23.1 Å². The van der Waals surface area contributed by atoms with Gasteiger partial charge in [0.05, 0.1) is 18.1 Å². The number of hydrogen-bond acceptors (Lipinski definition) is 3. The third-order valence-electron chi connectivity index (χ3n) is 3.05. The van der Waals surface area contributed by atoms with Crippen molar-refractivity contribution in [2.75, 3.05) is 25.1 Å². The van der Waals surface area contributed by atoms with Crippen molar-refractivity contribution in [1.29, 1.82) is 5.26 Å². The van der Waals surface area contributed by atoms with Crippen LogP contribution in [-0.4, -0.2) is 20.2 Å². The summed E-state index contributed by atoms with van der Waals surface area (Å²) in [5, 5.41) is 9.05. The predicted octanol–water partition coefficient (Wildman–Crippen LogP) is 2.61. The molecule has 0 radical (unpaired) electrons. The molecule has 1 aliphatic rings. The van der Waals surface area contributed by atoms with Crippen molar-refractivity contribution >= 4 is 5.69 Å². The number of hydrogen-bond donors (Lipinski definition) is 0. The SMILES string of the molecule is CN(CC(C)(C)C#N)c1ccc2c(c1)CCO2. The first-order valence-corrected chi connectivity index (χ1v) is 5.90. The fraction of sp³-hybridized carbons (Fsp3) is 0.500. The highest BCUT2D eigenvalue weighted by molar-refractivity contribution is 5.54. The summed E-state index contributed by atoms with van der Waals surface area (Å²) >= 11 is 0. The van der Waals surface area contributed by atoms with Gasteiger partial charge in [-0.3, -0.25) is 0 Å². The predicted molar refractivity (Wildman–Crippen MR) is 68.3 cm³/mol. The molecule has 1 aromatic rings. The van der Waals surface area contributed by atoms with Crippen molar-refractivity contribution in [2.45, 2.75) is 20.3 Å². The van der Waals surface area contributed by atoms with E-state index in [-0.39, 0.29) is 5.41 Å². The van der Waals surface area contributed by atoms with Crippen molar-refractivity contribution in [2.24, 2.45) is 5.41 Å². The van der Waals surface area contributed by atoms with Gasteiger partial charge < -0.3 is 9.64 Å². The molecule has 0 saturated heterocycles. The number of anilines is 1. The maximum absolute atomic E-state index is 9.05. The molecule has 0 fully saturated rings. The third kappa shape index (κ3) is 2.52. The summed E-state index contributed by atoms with van der Waals surface area (Å²) in [6.07, 6.45) is 0.985. The van der Waals surface area contributed by atoms with Crippen molar-refractivity contribution in [1.82, 2.24) is 0 Å². The Labute approximate surface area is 103 Å². The molecule has 0 spiro atoms. The lowest BCUT2D eigenvalue weighted by Crippen LogP contribution is -2.30. The maximum Gasteiger partial charge on any atom is 0.122 e. The van der Waals surface area contributed by atoms with E-state index in [4.69, 9.17) is 10.00 Å². The fourth-order valence-electron chi connectivity index (χ4n) is 2.13. The first-order valence-electron chi connectivity index (χ1n) is 5.90. The van der Waals surface area contributed by atoms with Gasteiger partial charge in [-0.05, 0) is 37.6 Å². The largest absolute Gasteiger partial charge is 0.493 e. The van der Waals surface area contributed by atoms with E-state index in [0.717, 1.165) is 31.0 Å². The smallest absolute Gasteiger partial charge is 0.122 e. The normalized spacial score (nSPS) is 13.8. The molecule has 1 aromatic carbocycles. The summed E-state index contributed by atoms with van der Waals surface area (Å²) < 4.78 is 5.48. The molecule has 0 unspecified atom stereocenters. The monoisotopic (exact) mass is 230 g/mol. The Morgan fingerprint density at radius 2 is 2.24 bits per heavy atom. The van der Waals surface area contributed by atoms with E-state index in [9.17, 15) is 0 Å². The molecular weight excluding hydrogens is 212 g/mol. The molecular formula is C14H18N2O. The molecule has 0 saturated carbocycles. The van der Waals surface area contributed by atoms with Gasteiger partial charge in [0.2, 0.25) is 0 Å². The molecule has 17 heavy (non-hydrogen) atoms. The summed E-state index contributed by atoms with van der Waals surface area (Å²) in [7, 11) is 2.02. The third-order valence-corrected chi connectivity index (χ3v) is 3.05. The molecule has 0 atom stereocenters. The van der Waals surface area contributed by atoms with Crippen molar-refractivity contribution in [3.63, 3.8) is 0 Å². The summed E-state index contributed by atoms with van der Waals surface area (Å²) in [4.78, 5) is 2.13. The van der Waals surface area contributed by atoms with Crippen LogP contribution in [0.2, 0.25) is 0 Å². The van der Waals surface area contributed by atoms with E-state index in [1.54, 1.807) is 0 Å². The summed E-state index contributed by atoms with van der Waals surface area (Å²) in [5.74, 6) is 1.00. The minimum atomic E-state index is -0.329. The number of nitriles is 1. The standard InChI is InChI=1S/C14H18N2O/c1-14(2,9-15)10-16(3)12-4-5-13-11(8-12)6-7-17-13/h4-5,8H,6-7,10H2,1-3H3. The Bertz CT molecular complexity index is 460. The lowest BCUT2D eigenvalue weighted by atomic mass is 9.95. The second-order valence-corrected chi connectivity index (χ2v) is 5.24. The lowest BCUT2D eigenvalue weighted by molar-refractivity contribution is 0.357. The highest BCUT2D eigenvalue weighted by Gasteiger charge is 2.20. The van der Waals surface area contributed by atoms with Crippen LogP contribution in [0, 0.1) is 16.7 Å². The van der Waals surface area contributed by atoms with Crippen LogP contribution >= 0.6 is 0 Å². The molecule has 0 aliphatic carbocycles. The molecule has 0 amide bonds. The van der Waals surface area contributed by atoms with Crippen LogP contribution in [0.5, 0.6) is 5.75 Å². The van der Waals surface area contributed by atoms with Gasteiger partial charge in [0.1, 0.15) is 5.75 Å². The van der Waals surface area contributed by atoms with Crippen LogP contribution in [-0.2, 0) is 6.42 Å².